The zero-order valence-corrected chi connectivity index (χ0v) is 16.0. The Bertz CT molecular complexity index is 811. The molecule has 0 unspecified atom stereocenters. The molecule has 0 radical (unpaired) electrons. The summed E-state index contributed by atoms with van der Waals surface area (Å²) in [6.07, 6.45) is 2.57. The molecule has 0 atom stereocenters. The number of ether oxygens (including phenoxy) is 1. The van der Waals surface area contributed by atoms with Crippen LogP contribution in [-0.2, 0) is 11.2 Å². The Hall–Kier alpha value is -3.35. The van der Waals surface area contributed by atoms with Crippen molar-refractivity contribution in [3.8, 4) is 0 Å². The van der Waals surface area contributed by atoms with E-state index >= 15 is 0 Å². The second-order valence-electron chi connectivity index (χ2n) is 6.28. The van der Waals surface area contributed by atoms with Gasteiger partial charge < -0.3 is 21.5 Å². The molecule has 0 aliphatic carbocycles. The summed E-state index contributed by atoms with van der Waals surface area (Å²) < 4.78 is 5.29. The van der Waals surface area contributed by atoms with Gasteiger partial charge in [-0.15, -0.1) is 0 Å². The van der Waals surface area contributed by atoms with Crippen molar-refractivity contribution < 1.29 is 14.3 Å². The molecule has 0 aromatic heterocycles. The van der Waals surface area contributed by atoms with Crippen LogP contribution in [0.1, 0.15) is 46.0 Å². The van der Waals surface area contributed by atoms with Crippen molar-refractivity contribution in [3.63, 3.8) is 0 Å². The van der Waals surface area contributed by atoms with Crippen molar-refractivity contribution in [2.75, 3.05) is 13.2 Å². The highest BCUT2D eigenvalue weighted by atomic mass is 16.5. The van der Waals surface area contributed by atoms with Crippen molar-refractivity contribution in [2.45, 2.75) is 26.2 Å². The van der Waals surface area contributed by atoms with E-state index < -0.39 is 5.97 Å². The molecule has 2 rings (SSSR count). The Morgan fingerprint density at radius 1 is 1.00 bits per heavy atom. The van der Waals surface area contributed by atoms with Gasteiger partial charge in [0.05, 0.1) is 17.9 Å². The third-order valence-electron chi connectivity index (χ3n) is 4.02. The summed E-state index contributed by atoms with van der Waals surface area (Å²) in [5.74, 6) is -0.529. The molecule has 0 saturated heterocycles. The summed E-state index contributed by atoms with van der Waals surface area (Å²) >= 11 is 0. The first-order chi connectivity index (χ1) is 13.5. The third-order valence-corrected chi connectivity index (χ3v) is 4.02. The maximum Gasteiger partial charge on any atom is 0.338 e. The molecule has 1 amide bonds. The van der Waals surface area contributed by atoms with E-state index in [4.69, 9.17) is 16.2 Å². The molecule has 0 fully saturated rings. The van der Waals surface area contributed by atoms with Crippen LogP contribution in [0.15, 0.2) is 53.5 Å². The summed E-state index contributed by atoms with van der Waals surface area (Å²) in [4.78, 5) is 27.9. The Balaban J connectivity index is 1.80. The van der Waals surface area contributed by atoms with Gasteiger partial charge in [0.2, 0.25) is 0 Å². The predicted molar refractivity (Wildman–Crippen MR) is 110 cm³/mol. The fourth-order valence-electron chi connectivity index (χ4n) is 2.47. The van der Waals surface area contributed by atoms with Crippen LogP contribution in [0, 0.1) is 0 Å². The zero-order chi connectivity index (χ0) is 20.4. The summed E-state index contributed by atoms with van der Waals surface area (Å²) in [6, 6.07) is 13.8. The molecule has 2 aromatic carbocycles. The molecule has 0 spiro atoms. The fraction of sp³-hybridized carbons (Fsp3) is 0.286. The minimum absolute atomic E-state index is 0.0419. The van der Waals surface area contributed by atoms with Gasteiger partial charge in [-0.25, -0.2) is 9.79 Å². The Morgan fingerprint density at radius 3 is 2.25 bits per heavy atom. The van der Waals surface area contributed by atoms with Crippen LogP contribution in [0.2, 0.25) is 0 Å². The van der Waals surface area contributed by atoms with Crippen LogP contribution in [0.5, 0.6) is 0 Å². The van der Waals surface area contributed by atoms with Crippen LogP contribution in [-0.4, -0.2) is 31.0 Å². The lowest BCUT2D eigenvalue weighted by Crippen LogP contribution is -2.24. The molecule has 148 valence electrons. The van der Waals surface area contributed by atoms with Gasteiger partial charge in [-0.3, -0.25) is 4.79 Å². The normalized spacial score (nSPS) is 10.2. The number of amides is 1. The van der Waals surface area contributed by atoms with Gasteiger partial charge in [-0.1, -0.05) is 25.5 Å². The highest BCUT2D eigenvalue weighted by Crippen LogP contribution is 2.13. The molecule has 28 heavy (non-hydrogen) atoms. The SMILES string of the molecule is CCCCNC(=O)c1ccc(CCOC(=O)c2ccc(N=C(N)N)cc2)cc1. The van der Waals surface area contributed by atoms with Gasteiger partial charge in [0.15, 0.2) is 5.96 Å². The maximum absolute atomic E-state index is 12.1. The van der Waals surface area contributed by atoms with Gasteiger partial charge in [0, 0.05) is 18.5 Å². The predicted octanol–water partition coefficient (Wildman–Crippen LogP) is 2.52. The van der Waals surface area contributed by atoms with Gasteiger partial charge in [0.25, 0.3) is 5.91 Å². The fourth-order valence-corrected chi connectivity index (χ4v) is 2.47. The monoisotopic (exact) mass is 382 g/mol. The number of carbonyl (C=O) groups is 2. The molecular formula is C21H26N4O3. The van der Waals surface area contributed by atoms with Crippen molar-refractivity contribution >= 4 is 23.5 Å². The Kier molecular flexibility index (Phi) is 8.02. The maximum atomic E-state index is 12.1. The van der Waals surface area contributed by atoms with E-state index in [0.29, 0.717) is 29.8 Å². The van der Waals surface area contributed by atoms with E-state index in [1.54, 1.807) is 36.4 Å². The van der Waals surface area contributed by atoms with Gasteiger partial charge >= 0.3 is 5.97 Å². The topological polar surface area (TPSA) is 120 Å². The molecule has 0 aliphatic heterocycles. The van der Waals surface area contributed by atoms with E-state index in [1.165, 1.54) is 0 Å². The van der Waals surface area contributed by atoms with Gasteiger partial charge in [-0.05, 0) is 48.4 Å². The third kappa shape index (κ3) is 6.75. The van der Waals surface area contributed by atoms with Crippen LogP contribution >= 0.6 is 0 Å². The lowest BCUT2D eigenvalue weighted by Gasteiger charge is -2.07. The van der Waals surface area contributed by atoms with E-state index in [9.17, 15) is 9.59 Å². The molecule has 7 heteroatoms. The number of rotatable bonds is 9. The lowest BCUT2D eigenvalue weighted by molar-refractivity contribution is 0.0509. The molecule has 7 nitrogen and oxygen atoms in total. The first kappa shape index (κ1) is 21.0. The molecular weight excluding hydrogens is 356 g/mol. The zero-order valence-electron chi connectivity index (χ0n) is 16.0. The number of nitrogens with one attached hydrogen (secondary N) is 1. The number of nitrogens with two attached hydrogens (primary N) is 2. The number of guanidine groups is 1. The van der Waals surface area contributed by atoms with Crippen molar-refractivity contribution in [2.24, 2.45) is 16.5 Å². The second-order valence-corrected chi connectivity index (χ2v) is 6.28. The second kappa shape index (κ2) is 10.7. The van der Waals surface area contributed by atoms with Crippen molar-refractivity contribution in [1.82, 2.24) is 5.32 Å². The molecule has 0 saturated carbocycles. The van der Waals surface area contributed by atoms with E-state index in [2.05, 4.69) is 17.2 Å². The molecule has 0 heterocycles. The van der Waals surface area contributed by atoms with Crippen molar-refractivity contribution in [1.29, 1.82) is 0 Å². The van der Waals surface area contributed by atoms with Crippen molar-refractivity contribution in [3.05, 3.63) is 65.2 Å². The van der Waals surface area contributed by atoms with Crippen LogP contribution in [0.4, 0.5) is 5.69 Å². The first-order valence-corrected chi connectivity index (χ1v) is 9.23. The number of benzene rings is 2. The Morgan fingerprint density at radius 2 is 1.64 bits per heavy atom. The van der Waals surface area contributed by atoms with Gasteiger partial charge in [0.1, 0.15) is 0 Å². The molecule has 2 aromatic rings. The number of hydrogen-bond acceptors (Lipinski definition) is 4. The minimum atomic E-state index is -0.414. The minimum Gasteiger partial charge on any atom is -0.462 e. The average molecular weight is 382 g/mol. The smallest absolute Gasteiger partial charge is 0.338 e. The number of nitrogens with zero attached hydrogens (tertiary/aromatic N) is 1. The lowest BCUT2D eigenvalue weighted by atomic mass is 10.1. The van der Waals surface area contributed by atoms with E-state index in [-0.39, 0.29) is 18.5 Å². The number of hydrogen-bond donors (Lipinski definition) is 3. The first-order valence-electron chi connectivity index (χ1n) is 9.23. The summed E-state index contributed by atoms with van der Waals surface area (Å²) in [5.41, 5.74) is 13.2. The van der Waals surface area contributed by atoms with Crippen LogP contribution < -0.4 is 16.8 Å². The molecule has 0 aliphatic rings. The van der Waals surface area contributed by atoms with E-state index in [1.807, 2.05) is 12.1 Å². The van der Waals surface area contributed by atoms with E-state index in [0.717, 1.165) is 18.4 Å². The number of aliphatic imine (C=N–C) groups is 1. The highest BCUT2D eigenvalue weighted by Gasteiger charge is 2.08. The standard InChI is InChI=1S/C21H26N4O3/c1-2-3-13-24-19(26)16-6-4-15(5-7-16)12-14-28-20(27)17-8-10-18(11-9-17)25-21(22)23/h4-11H,2-3,12-14H2,1H3,(H,24,26)(H4,22,23,25). The number of esters is 1. The summed E-state index contributed by atoms with van der Waals surface area (Å²) in [5, 5.41) is 2.88. The molecule has 0 bridgehead atoms. The average Bonchev–Trinajstić information content (AvgIpc) is 2.68. The molecule has 5 N–H and O–H groups in total. The largest absolute Gasteiger partial charge is 0.462 e. The Labute approximate surface area is 164 Å². The quantitative estimate of drug-likeness (QED) is 0.266. The van der Waals surface area contributed by atoms with Gasteiger partial charge in [-0.2, -0.15) is 0 Å². The highest BCUT2D eigenvalue weighted by molar-refractivity contribution is 5.94. The number of carbonyl (C=O) groups excluding carboxylic acids is 2. The van der Waals surface area contributed by atoms with Crippen LogP contribution in [0.3, 0.4) is 0 Å². The summed E-state index contributed by atoms with van der Waals surface area (Å²) in [6.45, 7) is 3.01. The van der Waals surface area contributed by atoms with Crippen LogP contribution in [0.25, 0.3) is 0 Å². The number of unbranched alkanes of at least 4 members (excludes halogenated alkanes) is 1. The summed E-state index contributed by atoms with van der Waals surface area (Å²) in [7, 11) is 0.